The maximum absolute atomic E-state index is 12.1. The van der Waals surface area contributed by atoms with Crippen LogP contribution in [0.4, 0.5) is 0 Å². The summed E-state index contributed by atoms with van der Waals surface area (Å²) in [7, 11) is -3.81. The van der Waals surface area contributed by atoms with Crippen molar-refractivity contribution in [2.24, 2.45) is 11.1 Å². The first-order valence-electron chi connectivity index (χ1n) is 6.05. The van der Waals surface area contributed by atoms with E-state index >= 15 is 0 Å². The van der Waals surface area contributed by atoms with Gasteiger partial charge in [0.2, 0.25) is 10.0 Å². The Morgan fingerprint density at radius 1 is 1.32 bits per heavy atom. The smallest absolute Gasteiger partial charge is 0.251 e. The second-order valence-electron chi connectivity index (χ2n) is 5.06. The molecular formula is C13H20N2O3S. The van der Waals surface area contributed by atoms with Crippen LogP contribution < -0.4 is 10.5 Å². The van der Waals surface area contributed by atoms with Crippen LogP contribution in [0.25, 0.3) is 0 Å². The van der Waals surface area contributed by atoms with Crippen molar-refractivity contribution in [3.8, 4) is 0 Å². The third kappa shape index (κ3) is 4.04. The number of hydrogen-bond acceptors (Lipinski definition) is 3. The lowest BCUT2D eigenvalue weighted by molar-refractivity contribution is 0.0948. The molecule has 6 heteroatoms. The Hall–Kier alpha value is -1.40. The minimum Gasteiger partial charge on any atom is -0.352 e. The van der Waals surface area contributed by atoms with Crippen molar-refractivity contribution in [3.05, 3.63) is 28.8 Å². The molecule has 0 spiro atoms. The molecule has 0 bridgehead atoms. The Balaban J connectivity index is 3.20. The lowest BCUT2D eigenvalue weighted by atomic mass is 10.0. The van der Waals surface area contributed by atoms with Gasteiger partial charge in [0.15, 0.2) is 0 Å². The van der Waals surface area contributed by atoms with E-state index in [9.17, 15) is 13.2 Å². The summed E-state index contributed by atoms with van der Waals surface area (Å²) in [6, 6.07) is 2.80. The Labute approximate surface area is 114 Å². The average Bonchev–Trinajstić information content (AvgIpc) is 2.27. The molecule has 0 fully saturated rings. The van der Waals surface area contributed by atoms with E-state index in [4.69, 9.17) is 5.14 Å². The van der Waals surface area contributed by atoms with Gasteiger partial charge in [-0.05, 0) is 43.0 Å². The minimum absolute atomic E-state index is 0.0368. The molecule has 0 radical (unpaired) electrons. The van der Waals surface area contributed by atoms with Crippen molar-refractivity contribution in [1.82, 2.24) is 5.32 Å². The molecule has 0 saturated carbocycles. The summed E-state index contributed by atoms with van der Waals surface area (Å²) in [5, 5.41) is 7.88. The van der Waals surface area contributed by atoms with Crippen molar-refractivity contribution in [2.45, 2.75) is 32.6 Å². The van der Waals surface area contributed by atoms with Crippen LogP contribution in [-0.2, 0) is 10.0 Å². The van der Waals surface area contributed by atoms with Crippen LogP contribution in [0.1, 0.15) is 35.3 Å². The van der Waals surface area contributed by atoms with E-state index in [1.54, 1.807) is 13.8 Å². The first kappa shape index (κ1) is 15.7. The summed E-state index contributed by atoms with van der Waals surface area (Å²) < 4.78 is 22.8. The lowest BCUT2D eigenvalue weighted by Crippen LogP contribution is -2.28. The van der Waals surface area contributed by atoms with Gasteiger partial charge in [0.25, 0.3) is 5.91 Å². The van der Waals surface area contributed by atoms with Crippen LogP contribution in [0.3, 0.4) is 0 Å². The monoisotopic (exact) mass is 284 g/mol. The second-order valence-corrected chi connectivity index (χ2v) is 6.62. The summed E-state index contributed by atoms with van der Waals surface area (Å²) in [5.41, 5.74) is 1.83. The molecule has 0 atom stereocenters. The molecule has 5 nitrogen and oxygen atoms in total. The number of carbonyl (C=O) groups excluding carboxylic acids is 1. The summed E-state index contributed by atoms with van der Waals surface area (Å²) >= 11 is 0. The highest BCUT2D eigenvalue weighted by atomic mass is 32.2. The normalized spacial score (nSPS) is 11.7. The van der Waals surface area contributed by atoms with Crippen LogP contribution in [-0.4, -0.2) is 20.9 Å². The standard InChI is InChI=1S/C13H20N2O3S/c1-8(2)7-15-13(16)12-6-11(19(14,17)18)5-9(3)10(12)4/h5-6,8H,7H2,1-4H3,(H,15,16)(H2,14,17,18). The fraction of sp³-hybridized carbons (Fsp3) is 0.462. The number of benzene rings is 1. The van der Waals surface area contributed by atoms with E-state index in [1.165, 1.54) is 12.1 Å². The van der Waals surface area contributed by atoms with Crippen molar-refractivity contribution in [3.63, 3.8) is 0 Å². The molecular weight excluding hydrogens is 264 g/mol. The first-order chi connectivity index (χ1) is 8.62. The van der Waals surface area contributed by atoms with Gasteiger partial charge in [0.05, 0.1) is 4.90 Å². The SMILES string of the molecule is Cc1cc(S(N)(=O)=O)cc(C(=O)NCC(C)C)c1C. The zero-order chi connectivity index (χ0) is 14.8. The molecule has 106 valence electrons. The van der Waals surface area contributed by atoms with Gasteiger partial charge in [-0.1, -0.05) is 13.8 Å². The molecule has 0 saturated heterocycles. The number of sulfonamides is 1. The summed E-state index contributed by atoms with van der Waals surface area (Å²) in [6.45, 7) is 8.05. The third-order valence-electron chi connectivity index (χ3n) is 2.88. The Kier molecular flexibility index (Phi) is 4.70. The third-order valence-corrected chi connectivity index (χ3v) is 3.78. The predicted molar refractivity (Wildman–Crippen MR) is 74.5 cm³/mol. The maximum Gasteiger partial charge on any atom is 0.251 e. The Morgan fingerprint density at radius 3 is 2.37 bits per heavy atom. The topological polar surface area (TPSA) is 89.3 Å². The maximum atomic E-state index is 12.1. The van der Waals surface area contributed by atoms with Gasteiger partial charge in [0, 0.05) is 12.1 Å². The molecule has 1 rings (SSSR count). The highest BCUT2D eigenvalue weighted by Crippen LogP contribution is 2.19. The molecule has 0 aliphatic heterocycles. The van der Waals surface area contributed by atoms with E-state index in [-0.39, 0.29) is 10.8 Å². The number of amides is 1. The summed E-state index contributed by atoms with van der Waals surface area (Å²) in [6.07, 6.45) is 0. The Morgan fingerprint density at radius 2 is 1.89 bits per heavy atom. The highest BCUT2D eigenvalue weighted by molar-refractivity contribution is 7.89. The van der Waals surface area contributed by atoms with Crippen LogP contribution in [0.5, 0.6) is 0 Å². The van der Waals surface area contributed by atoms with Gasteiger partial charge >= 0.3 is 0 Å². The van der Waals surface area contributed by atoms with E-state index in [0.717, 1.165) is 11.1 Å². The van der Waals surface area contributed by atoms with Gasteiger partial charge in [-0.25, -0.2) is 13.6 Å². The number of primary sulfonamides is 1. The molecule has 0 aliphatic carbocycles. The van der Waals surface area contributed by atoms with Crippen LogP contribution in [0.15, 0.2) is 17.0 Å². The molecule has 0 aromatic heterocycles. The molecule has 0 aliphatic rings. The number of hydrogen-bond donors (Lipinski definition) is 2. The molecule has 19 heavy (non-hydrogen) atoms. The lowest BCUT2D eigenvalue weighted by Gasteiger charge is -2.12. The minimum atomic E-state index is -3.81. The van der Waals surface area contributed by atoms with Crippen molar-refractivity contribution < 1.29 is 13.2 Å². The largest absolute Gasteiger partial charge is 0.352 e. The van der Waals surface area contributed by atoms with E-state index < -0.39 is 10.0 Å². The number of nitrogens with two attached hydrogens (primary N) is 1. The molecule has 3 N–H and O–H groups in total. The molecule has 1 aromatic carbocycles. The first-order valence-corrected chi connectivity index (χ1v) is 7.59. The van der Waals surface area contributed by atoms with Crippen LogP contribution in [0.2, 0.25) is 0 Å². The Bertz CT molecular complexity index is 592. The van der Waals surface area contributed by atoms with Gasteiger partial charge in [-0.2, -0.15) is 0 Å². The number of carbonyl (C=O) groups is 1. The molecule has 0 unspecified atom stereocenters. The zero-order valence-electron chi connectivity index (χ0n) is 11.6. The number of rotatable bonds is 4. The van der Waals surface area contributed by atoms with E-state index in [0.29, 0.717) is 18.0 Å². The summed E-state index contributed by atoms with van der Waals surface area (Å²) in [5.74, 6) is 0.0478. The van der Waals surface area contributed by atoms with Gasteiger partial charge in [-0.3, -0.25) is 4.79 Å². The van der Waals surface area contributed by atoms with Gasteiger partial charge < -0.3 is 5.32 Å². The van der Waals surface area contributed by atoms with Crippen LogP contribution >= 0.6 is 0 Å². The quantitative estimate of drug-likeness (QED) is 0.874. The predicted octanol–water partition coefficient (Wildman–Crippen LogP) is 1.34. The van der Waals surface area contributed by atoms with Gasteiger partial charge in [0.1, 0.15) is 0 Å². The second kappa shape index (κ2) is 5.71. The number of nitrogens with one attached hydrogen (secondary N) is 1. The highest BCUT2D eigenvalue weighted by Gasteiger charge is 2.16. The summed E-state index contributed by atoms with van der Waals surface area (Å²) in [4.78, 5) is 12.0. The molecule has 0 heterocycles. The van der Waals surface area contributed by atoms with E-state index in [1.807, 2.05) is 13.8 Å². The average molecular weight is 284 g/mol. The van der Waals surface area contributed by atoms with Crippen molar-refractivity contribution >= 4 is 15.9 Å². The van der Waals surface area contributed by atoms with Gasteiger partial charge in [-0.15, -0.1) is 0 Å². The van der Waals surface area contributed by atoms with E-state index in [2.05, 4.69) is 5.32 Å². The fourth-order valence-corrected chi connectivity index (χ4v) is 2.24. The molecule has 1 amide bonds. The zero-order valence-corrected chi connectivity index (χ0v) is 12.5. The van der Waals surface area contributed by atoms with Crippen LogP contribution in [0, 0.1) is 19.8 Å². The van der Waals surface area contributed by atoms with Crippen molar-refractivity contribution in [2.75, 3.05) is 6.54 Å². The molecule has 1 aromatic rings. The number of aryl methyl sites for hydroxylation is 1. The van der Waals surface area contributed by atoms with Crippen molar-refractivity contribution in [1.29, 1.82) is 0 Å². The fourth-order valence-electron chi connectivity index (χ4n) is 1.62.